The zero-order valence-corrected chi connectivity index (χ0v) is 16.0. The molecule has 0 atom stereocenters. The van der Waals surface area contributed by atoms with Crippen molar-refractivity contribution in [3.05, 3.63) is 29.3 Å². The van der Waals surface area contributed by atoms with Crippen LogP contribution < -0.4 is 15.4 Å². The van der Waals surface area contributed by atoms with E-state index in [1.54, 1.807) is 18.2 Å². The summed E-state index contributed by atoms with van der Waals surface area (Å²) >= 11 is 0. The van der Waals surface area contributed by atoms with Crippen molar-refractivity contribution < 1.29 is 18.0 Å². The molecule has 1 rings (SSSR count). The maximum absolute atomic E-state index is 12.2. The summed E-state index contributed by atoms with van der Waals surface area (Å²) in [6.07, 6.45) is 0.492. The zero-order chi connectivity index (χ0) is 19.0. The third-order valence-electron chi connectivity index (χ3n) is 3.56. The Kier molecular flexibility index (Phi) is 8.05. The number of carbonyl (C=O) groups excluding carboxylic acids is 2. The van der Waals surface area contributed by atoms with E-state index in [2.05, 4.69) is 15.4 Å². The summed E-state index contributed by atoms with van der Waals surface area (Å²) in [6, 6.07) is 4.96. The lowest BCUT2D eigenvalue weighted by molar-refractivity contribution is -0.126. The Balaban J connectivity index is 2.35. The summed E-state index contributed by atoms with van der Waals surface area (Å²) < 4.78 is 26.9. The molecule has 0 saturated carbocycles. The van der Waals surface area contributed by atoms with Gasteiger partial charge in [0.05, 0.1) is 11.4 Å². The monoisotopic (exact) mass is 369 g/mol. The summed E-state index contributed by atoms with van der Waals surface area (Å²) in [5.41, 5.74) is 1.93. The molecule has 0 bridgehead atoms. The molecule has 0 aliphatic carbocycles. The summed E-state index contributed by atoms with van der Waals surface area (Å²) in [5.74, 6) is -0.539. The molecule has 0 fully saturated rings. The van der Waals surface area contributed by atoms with E-state index in [-0.39, 0.29) is 42.3 Å². The minimum atomic E-state index is -3.58. The van der Waals surface area contributed by atoms with Gasteiger partial charge < -0.3 is 10.6 Å². The molecule has 0 aromatic heterocycles. The van der Waals surface area contributed by atoms with Crippen LogP contribution in [0.4, 0.5) is 0 Å². The molecule has 0 unspecified atom stereocenters. The van der Waals surface area contributed by atoms with Crippen molar-refractivity contribution in [2.75, 3.05) is 13.1 Å². The molecule has 140 valence electrons. The molecule has 3 N–H and O–H groups in total. The quantitative estimate of drug-likeness (QED) is 0.565. The fourth-order valence-electron chi connectivity index (χ4n) is 2.06. The van der Waals surface area contributed by atoms with Crippen molar-refractivity contribution in [1.29, 1.82) is 0 Å². The Morgan fingerprint density at radius 3 is 2.36 bits per heavy atom. The Morgan fingerprint density at radius 2 is 1.76 bits per heavy atom. The molecular formula is C17H27N3O4S. The molecule has 8 heteroatoms. The van der Waals surface area contributed by atoms with Gasteiger partial charge in [-0.1, -0.05) is 6.07 Å². The van der Waals surface area contributed by atoms with Crippen LogP contribution in [0.1, 0.15) is 37.8 Å². The minimum Gasteiger partial charge on any atom is -0.352 e. The summed E-state index contributed by atoms with van der Waals surface area (Å²) in [4.78, 5) is 23.3. The molecule has 0 aliphatic heterocycles. The van der Waals surface area contributed by atoms with Crippen LogP contribution >= 0.6 is 0 Å². The number of hydrogen-bond acceptors (Lipinski definition) is 4. The van der Waals surface area contributed by atoms with Crippen LogP contribution in [-0.2, 0) is 19.6 Å². The Hall–Kier alpha value is -1.93. The van der Waals surface area contributed by atoms with E-state index in [1.807, 2.05) is 27.7 Å². The van der Waals surface area contributed by atoms with Crippen LogP contribution in [0, 0.1) is 13.8 Å². The third-order valence-corrected chi connectivity index (χ3v) is 5.02. The lowest BCUT2D eigenvalue weighted by Crippen LogP contribution is -2.39. The van der Waals surface area contributed by atoms with Crippen molar-refractivity contribution in [3.63, 3.8) is 0 Å². The molecule has 0 saturated heterocycles. The maximum Gasteiger partial charge on any atom is 0.240 e. The molecule has 2 amide bonds. The number of aryl methyl sites for hydroxylation is 2. The normalized spacial score (nSPS) is 11.4. The molecule has 0 spiro atoms. The second-order valence-electron chi connectivity index (χ2n) is 6.25. The molecule has 1 aromatic carbocycles. The standard InChI is InChI=1S/C17H27N3O4S/c1-12(2)20-17(22)11-18-16(21)6-5-9-19-25(23,24)15-8-7-13(3)14(4)10-15/h7-8,10,12,19H,5-6,9,11H2,1-4H3,(H,18,21)(H,20,22). The average molecular weight is 369 g/mol. The Bertz CT molecular complexity index is 715. The van der Waals surface area contributed by atoms with Gasteiger partial charge in [0.1, 0.15) is 0 Å². The molecule has 1 aromatic rings. The fourth-order valence-corrected chi connectivity index (χ4v) is 3.22. The van der Waals surface area contributed by atoms with Crippen LogP contribution in [0.25, 0.3) is 0 Å². The highest BCUT2D eigenvalue weighted by atomic mass is 32.2. The lowest BCUT2D eigenvalue weighted by Gasteiger charge is -2.10. The van der Waals surface area contributed by atoms with Crippen LogP contribution in [0.3, 0.4) is 0 Å². The topological polar surface area (TPSA) is 104 Å². The van der Waals surface area contributed by atoms with Gasteiger partial charge in [-0.3, -0.25) is 9.59 Å². The highest BCUT2D eigenvalue weighted by molar-refractivity contribution is 7.89. The SMILES string of the molecule is Cc1ccc(S(=O)(=O)NCCCC(=O)NCC(=O)NC(C)C)cc1C. The molecule has 25 heavy (non-hydrogen) atoms. The molecule has 0 heterocycles. The van der Waals surface area contributed by atoms with Crippen LogP contribution in [-0.4, -0.2) is 39.4 Å². The number of benzene rings is 1. The van der Waals surface area contributed by atoms with Crippen LogP contribution in [0.5, 0.6) is 0 Å². The van der Waals surface area contributed by atoms with Gasteiger partial charge >= 0.3 is 0 Å². The fraction of sp³-hybridized carbons (Fsp3) is 0.529. The molecule has 0 aliphatic rings. The predicted octanol–water partition coefficient (Wildman–Crippen LogP) is 1.00. The van der Waals surface area contributed by atoms with Crippen LogP contribution in [0.2, 0.25) is 0 Å². The van der Waals surface area contributed by atoms with E-state index in [9.17, 15) is 18.0 Å². The maximum atomic E-state index is 12.2. The molecule has 7 nitrogen and oxygen atoms in total. The van der Waals surface area contributed by atoms with Gasteiger partial charge in [-0.2, -0.15) is 0 Å². The van der Waals surface area contributed by atoms with Crippen molar-refractivity contribution in [1.82, 2.24) is 15.4 Å². The number of rotatable bonds is 9. The van der Waals surface area contributed by atoms with E-state index in [0.29, 0.717) is 6.42 Å². The van der Waals surface area contributed by atoms with Crippen molar-refractivity contribution in [2.24, 2.45) is 0 Å². The minimum absolute atomic E-state index is 0.0178. The van der Waals surface area contributed by atoms with Gasteiger partial charge in [-0.25, -0.2) is 13.1 Å². The predicted molar refractivity (Wildman–Crippen MR) is 96.6 cm³/mol. The van der Waals surface area contributed by atoms with Crippen molar-refractivity contribution in [3.8, 4) is 0 Å². The highest BCUT2D eigenvalue weighted by Crippen LogP contribution is 2.14. The second-order valence-corrected chi connectivity index (χ2v) is 8.01. The van der Waals surface area contributed by atoms with Gasteiger partial charge in [-0.05, 0) is 57.4 Å². The van der Waals surface area contributed by atoms with Gasteiger partial charge in [0, 0.05) is 19.0 Å². The van der Waals surface area contributed by atoms with E-state index in [1.165, 1.54) is 0 Å². The average Bonchev–Trinajstić information content (AvgIpc) is 2.51. The first-order valence-electron chi connectivity index (χ1n) is 8.25. The van der Waals surface area contributed by atoms with E-state index < -0.39 is 10.0 Å². The lowest BCUT2D eigenvalue weighted by atomic mass is 10.1. The number of carbonyl (C=O) groups is 2. The van der Waals surface area contributed by atoms with Gasteiger partial charge in [0.2, 0.25) is 21.8 Å². The van der Waals surface area contributed by atoms with Crippen LogP contribution in [0.15, 0.2) is 23.1 Å². The Labute approximate surface area is 149 Å². The number of sulfonamides is 1. The first kappa shape index (κ1) is 21.1. The molecular weight excluding hydrogens is 342 g/mol. The number of nitrogens with one attached hydrogen (secondary N) is 3. The van der Waals surface area contributed by atoms with Crippen molar-refractivity contribution in [2.45, 2.75) is 51.5 Å². The van der Waals surface area contributed by atoms with Crippen molar-refractivity contribution >= 4 is 21.8 Å². The largest absolute Gasteiger partial charge is 0.352 e. The smallest absolute Gasteiger partial charge is 0.240 e. The third kappa shape index (κ3) is 7.66. The molecule has 0 radical (unpaired) electrons. The zero-order valence-electron chi connectivity index (χ0n) is 15.2. The highest BCUT2D eigenvalue weighted by Gasteiger charge is 2.14. The summed E-state index contributed by atoms with van der Waals surface area (Å²) in [7, 11) is -3.58. The first-order valence-corrected chi connectivity index (χ1v) is 9.73. The number of hydrogen-bond donors (Lipinski definition) is 3. The van der Waals surface area contributed by atoms with Gasteiger partial charge in [0.15, 0.2) is 0 Å². The Morgan fingerprint density at radius 1 is 1.08 bits per heavy atom. The van der Waals surface area contributed by atoms with E-state index in [4.69, 9.17) is 0 Å². The van der Waals surface area contributed by atoms with E-state index in [0.717, 1.165) is 11.1 Å². The summed E-state index contributed by atoms with van der Waals surface area (Å²) in [5, 5.41) is 5.17. The summed E-state index contributed by atoms with van der Waals surface area (Å²) in [6.45, 7) is 7.52. The first-order chi connectivity index (χ1) is 11.6. The number of amides is 2. The second kappa shape index (κ2) is 9.53. The van der Waals surface area contributed by atoms with Gasteiger partial charge in [-0.15, -0.1) is 0 Å². The van der Waals surface area contributed by atoms with Gasteiger partial charge in [0.25, 0.3) is 0 Å². The van der Waals surface area contributed by atoms with E-state index >= 15 is 0 Å².